The number of fused-ring (bicyclic) bond motifs is 2. The van der Waals surface area contributed by atoms with E-state index in [-0.39, 0.29) is 46.7 Å². The van der Waals surface area contributed by atoms with Crippen LogP contribution in [0, 0.1) is 15.5 Å². The molecule has 3 N–H and O–H groups in total. The third-order valence-corrected chi connectivity index (χ3v) is 15.0. The van der Waals surface area contributed by atoms with Gasteiger partial charge in [-0.3, -0.25) is 29.5 Å². The molecule has 1 aliphatic carbocycles. The Hall–Kier alpha value is -6.21. The number of hydrogen-bond donors (Lipinski definition) is 3. The van der Waals surface area contributed by atoms with Crippen LogP contribution in [-0.4, -0.2) is 128 Å². The van der Waals surface area contributed by atoms with E-state index >= 15 is 0 Å². The van der Waals surface area contributed by atoms with Crippen molar-refractivity contribution in [2.24, 2.45) is 5.41 Å². The van der Waals surface area contributed by atoms with Gasteiger partial charge in [0.1, 0.15) is 23.8 Å². The molecule has 3 aliphatic heterocycles. The molecule has 4 aliphatic rings. The number of nitro groups is 1. The van der Waals surface area contributed by atoms with E-state index in [0.29, 0.717) is 63.6 Å². The first-order chi connectivity index (χ1) is 32.6. The summed E-state index contributed by atoms with van der Waals surface area (Å²) < 4.78 is 42.4. The van der Waals surface area contributed by atoms with Gasteiger partial charge >= 0.3 is 0 Å². The highest BCUT2D eigenvalue weighted by atomic mass is 35.5. The van der Waals surface area contributed by atoms with E-state index in [2.05, 4.69) is 60.7 Å². The number of carbonyl (C=O) groups is 2. The Kier molecular flexibility index (Phi) is 13.4. The molecule has 0 unspecified atom stereocenters. The summed E-state index contributed by atoms with van der Waals surface area (Å²) in [6.45, 7) is 13.5. The molecule has 0 bridgehead atoms. The molecule has 2 saturated heterocycles. The molecule has 5 heterocycles. The van der Waals surface area contributed by atoms with Gasteiger partial charge in [0.2, 0.25) is 5.91 Å². The summed E-state index contributed by atoms with van der Waals surface area (Å²) in [6.07, 6.45) is 6.87. The molecule has 17 nitrogen and oxygen atoms in total. The number of aromatic amines is 1. The predicted octanol–water partition coefficient (Wildman–Crippen LogP) is 7.55. The number of nitrogens with one attached hydrogen (secondary N) is 3. The second kappa shape index (κ2) is 19.4. The van der Waals surface area contributed by atoms with E-state index in [1.807, 2.05) is 30.0 Å². The number of rotatable bonds is 13. The van der Waals surface area contributed by atoms with E-state index in [4.69, 9.17) is 21.1 Å². The normalized spacial score (nSPS) is 19.0. The summed E-state index contributed by atoms with van der Waals surface area (Å²) >= 11 is 6.25. The lowest BCUT2D eigenvalue weighted by Crippen LogP contribution is -2.52. The fraction of sp³-hybridized carbons (Fsp3) is 0.408. The van der Waals surface area contributed by atoms with Gasteiger partial charge in [-0.1, -0.05) is 50.1 Å². The Morgan fingerprint density at radius 1 is 0.985 bits per heavy atom. The monoisotopic (exact) mass is 965 g/mol. The average Bonchev–Trinajstić information content (AvgIpc) is 3.80. The van der Waals surface area contributed by atoms with Gasteiger partial charge in [0, 0.05) is 112 Å². The number of piperazine rings is 2. The topological polar surface area (TPSA) is 196 Å². The zero-order valence-corrected chi connectivity index (χ0v) is 40.0. The van der Waals surface area contributed by atoms with Crippen LogP contribution in [0.1, 0.15) is 62.4 Å². The first-order valence-corrected chi connectivity index (χ1v) is 25.0. The van der Waals surface area contributed by atoms with Gasteiger partial charge in [-0.2, -0.15) is 0 Å². The molecule has 19 heteroatoms. The Morgan fingerprint density at radius 2 is 1.74 bits per heavy atom. The summed E-state index contributed by atoms with van der Waals surface area (Å²) in [5, 5.41) is 17.1. The van der Waals surface area contributed by atoms with Gasteiger partial charge in [-0.05, 0) is 72.2 Å². The van der Waals surface area contributed by atoms with E-state index < -0.39 is 31.4 Å². The van der Waals surface area contributed by atoms with Crippen molar-refractivity contribution in [1.29, 1.82) is 0 Å². The van der Waals surface area contributed by atoms with E-state index in [1.165, 1.54) is 35.0 Å². The van der Waals surface area contributed by atoms with Crippen LogP contribution < -0.4 is 24.4 Å². The number of anilines is 2. The van der Waals surface area contributed by atoms with Gasteiger partial charge in [-0.25, -0.2) is 18.1 Å². The number of pyridine rings is 1. The van der Waals surface area contributed by atoms with Crippen molar-refractivity contribution in [2.45, 2.75) is 57.4 Å². The molecule has 2 aromatic heterocycles. The molecule has 2 amide bonds. The third kappa shape index (κ3) is 10.4. The fourth-order valence-electron chi connectivity index (χ4n) is 9.60. The van der Waals surface area contributed by atoms with Gasteiger partial charge in [0.25, 0.3) is 21.6 Å². The van der Waals surface area contributed by atoms with Crippen LogP contribution in [0.15, 0.2) is 89.6 Å². The van der Waals surface area contributed by atoms with Crippen molar-refractivity contribution >= 4 is 67.1 Å². The molecule has 5 aromatic rings. The van der Waals surface area contributed by atoms with E-state index in [0.717, 1.165) is 61.1 Å². The Morgan fingerprint density at radius 3 is 2.47 bits per heavy atom. The largest absolute Gasteiger partial charge is 0.489 e. The van der Waals surface area contributed by atoms with Crippen molar-refractivity contribution in [3.63, 3.8) is 0 Å². The van der Waals surface area contributed by atoms with E-state index in [1.54, 1.807) is 24.4 Å². The van der Waals surface area contributed by atoms with Crippen molar-refractivity contribution in [2.75, 3.05) is 82.3 Å². The van der Waals surface area contributed by atoms with Crippen LogP contribution in [0.3, 0.4) is 0 Å². The zero-order valence-electron chi connectivity index (χ0n) is 38.4. The van der Waals surface area contributed by atoms with Crippen molar-refractivity contribution in [3.05, 3.63) is 111 Å². The standard InChI is InChI=1S/C49H56ClN9O8S/c1-4-45(60)58-21-17-56(18-22-58)30-36-31-66-44-26-39(25-42(59(62)63)46(44)53-36)68(64,65)54-48(61)40-10-9-37(24-43(40)67-38-23-33-12-14-51-47(33)52-28-38)57-19-15-55(16-20-57)29-34-11-13-49(2,3)27-41(34)32-5-7-35(50)8-6-32/h5-10,12,14,23-26,28,36,53H,4,11,13,15-22,27,29-31H2,1-3H3,(H,51,52)(H,54,61)/t36-/m0/s1. The number of allylic oxidation sites excluding steroid dienone is 1. The third-order valence-electron chi connectivity index (χ3n) is 13.4. The number of sulfonamides is 1. The molecule has 3 aromatic carbocycles. The highest BCUT2D eigenvalue weighted by Gasteiger charge is 2.34. The van der Waals surface area contributed by atoms with Crippen LogP contribution in [0.5, 0.6) is 17.2 Å². The lowest BCUT2D eigenvalue weighted by atomic mass is 9.72. The Balaban J connectivity index is 0.916. The minimum absolute atomic E-state index is 0.0239. The maximum Gasteiger partial charge on any atom is 0.297 e. The number of nitro benzene ring substituents is 1. The SMILES string of the molecule is CCC(=O)N1CCN(C[C@H]2COc3cc(S(=O)(=O)NC(=O)c4ccc(N5CCN(CC6=C(c7ccc(Cl)cc7)CC(C)(C)CC6)CC5)cc4Oc4cnc5[nH]ccc5c4)cc([N+](=O)[O-])c3N2)CC1. The Labute approximate surface area is 400 Å². The molecule has 68 heavy (non-hydrogen) atoms. The van der Waals surface area contributed by atoms with Gasteiger partial charge in [-0.15, -0.1) is 0 Å². The minimum Gasteiger partial charge on any atom is -0.489 e. The average molecular weight is 967 g/mol. The maximum absolute atomic E-state index is 14.1. The molecule has 2 fully saturated rings. The number of hydrogen-bond acceptors (Lipinski definition) is 13. The van der Waals surface area contributed by atoms with Gasteiger partial charge in [0.05, 0.1) is 27.6 Å². The molecule has 1 atom stereocenters. The van der Waals surface area contributed by atoms with Crippen LogP contribution >= 0.6 is 11.6 Å². The van der Waals surface area contributed by atoms with E-state index in [9.17, 15) is 28.1 Å². The number of aromatic nitrogens is 2. The first kappa shape index (κ1) is 46.9. The van der Waals surface area contributed by atoms with Crippen LogP contribution in [0.2, 0.25) is 5.02 Å². The number of halogens is 1. The molecular weight excluding hydrogens is 910 g/mol. The number of ether oxygens (including phenoxy) is 2. The van der Waals surface area contributed by atoms with Gasteiger partial charge in [0.15, 0.2) is 11.4 Å². The van der Waals surface area contributed by atoms with Crippen molar-refractivity contribution in [3.8, 4) is 17.2 Å². The quantitative estimate of drug-likeness (QED) is 0.0774. The van der Waals surface area contributed by atoms with Crippen molar-refractivity contribution < 1.29 is 32.4 Å². The lowest BCUT2D eigenvalue weighted by molar-refractivity contribution is -0.384. The number of benzene rings is 3. The molecule has 9 rings (SSSR count). The molecular formula is C49H56ClN9O8S. The predicted molar refractivity (Wildman–Crippen MR) is 261 cm³/mol. The van der Waals surface area contributed by atoms with Crippen LogP contribution in [0.4, 0.5) is 17.1 Å². The molecule has 0 saturated carbocycles. The second-order valence-corrected chi connectivity index (χ2v) is 20.9. The summed E-state index contributed by atoms with van der Waals surface area (Å²) in [4.78, 5) is 53.6. The molecule has 0 spiro atoms. The highest BCUT2D eigenvalue weighted by Crippen LogP contribution is 2.44. The van der Waals surface area contributed by atoms with Crippen molar-refractivity contribution in [1.82, 2.24) is 29.4 Å². The van der Waals surface area contributed by atoms with Gasteiger partial charge < -0.3 is 29.6 Å². The van der Waals surface area contributed by atoms with Crippen LogP contribution in [-0.2, 0) is 14.8 Å². The summed E-state index contributed by atoms with van der Waals surface area (Å²) in [5.74, 6) is -0.483. The molecule has 0 radical (unpaired) electrons. The lowest BCUT2D eigenvalue weighted by Gasteiger charge is -2.39. The van der Waals surface area contributed by atoms with Crippen LogP contribution in [0.25, 0.3) is 16.6 Å². The summed E-state index contributed by atoms with van der Waals surface area (Å²) in [5.41, 5.74) is 5.20. The number of amides is 2. The number of carbonyl (C=O) groups excluding carboxylic acids is 2. The summed E-state index contributed by atoms with van der Waals surface area (Å²) in [6, 6.07) is 18.5. The summed E-state index contributed by atoms with van der Waals surface area (Å²) in [7, 11) is -4.69. The minimum atomic E-state index is -4.69. The first-order valence-electron chi connectivity index (χ1n) is 23.1. The highest BCUT2D eigenvalue weighted by molar-refractivity contribution is 7.90. The maximum atomic E-state index is 14.1. The Bertz CT molecular complexity index is 2870. The number of H-pyrrole nitrogens is 1. The number of nitrogens with zero attached hydrogens (tertiary/aromatic N) is 6. The zero-order chi connectivity index (χ0) is 47.7. The fourth-order valence-corrected chi connectivity index (χ4v) is 10.7. The smallest absolute Gasteiger partial charge is 0.297 e. The second-order valence-electron chi connectivity index (χ2n) is 18.8. The molecule has 358 valence electrons.